The van der Waals surface area contributed by atoms with E-state index in [2.05, 4.69) is 5.32 Å². The number of aliphatic hydroxyl groups excluding tert-OH is 1. The normalized spacial score (nSPS) is 11.8. The lowest BCUT2D eigenvalue weighted by Crippen LogP contribution is -2.30. The average molecular weight is 253 g/mol. The highest BCUT2D eigenvalue weighted by molar-refractivity contribution is 5.99. The van der Waals surface area contributed by atoms with E-state index in [0.29, 0.717) is 23.6 Å². The topological polar surface area (TPSA) is 67.8 Å². The van der Waals surface area contributed by atoms with E-state index in [1.807, 2.05) is 6.92 Å². The molecular formula is C13H19NO4. The number of hydrogen-bond acceptors (Lipinski definition) is 4. The molecule has 0 heterocycles. The van der Waals surface area contributed by atoms with Crippen molar-refractivity contribution in [3.8, 4) is 11.5 Å². The minimum Gasteiger partial charge on any atom is -0.496 e. The smallest absolute Gasteiger partial charge is 0.258 e. The molecule has 100 valence electrons. The van der Waals surface area contributed by atoms with Gasteiger partial charge in [-0.05, 0) is 18.1 Å². The molecule has 1 atom stereocenters. The molecule has 0 bridgehead atoms. The van der Waals surface area contributed by atoms with Crippen LogP contribution in [0, 0.1) is 5.92 Å². The molecule has 0 radical (unpaired) electrons. The largest absolute Gasteiger partial charge is 0.496 e. The summed E-state index contributed by atoms with van der Waals surface area (Å²) in [6.45, 7) is 2.28. The maximum Gasteiger partial charge on any atom is 0.258 e. The lowest BCUT2D eigenvalue weighted by molar-refractivity contribution is 0.0936. The number of aliphatic hydroxyl groups is 1. The molecule has 0 fully saturated rings. The van der Waals surface area contributed by atoms with Crippen LogP contribution in [0.3, 0.4) is 0 Å². The summed E-state index contributed by atoms with van der Waals surface area (Å²) < 4.78 is 10.3. The zero-order valence-corrected chi connectivity index (χ0v) is 10.9. The quantitative estimate of drug-likeness (QED) is 0.795. The first-order chi connectivity index (χ1) is 8.63. The number of benzene rings is 1. The van der Waals surface area contributed by atoms with Crippen LogP contribution in [-0.4, -0.2) is 38.4 Å². The summed E-state index contributed by atoms with van der Waals surface area (Å²) in [5.41, 5.74) is 0.368. The molecule has 5 heteroatoms. The Kier molecular flexibility index (Phi) is 5.45. The average Bonchev–Trinajstić information content (AvgIpc) is 2.43. The predicted octanol–water partition coefficient (Wildman–Crippen LogP) is 1.06. The van der Waals surface area contributed by atoms with Gasteiger partial charge < -0.3 is 19.9 Å². The van der Waals surface area contributed by atoms with E-state index in [4.69, 9.17) is 14.6 Å². The van der Waals surface area contributed by atoms with Gasteiger partial charge in [0.2, 0.25) is 0 Å². The van der Waals surface area contributed by atoms with Gasteiger partial charge in [-0.15, -0.1) is 0 Å². The highest BCUT2D eigenvalue weighted by Crippen LogP contribution is 2.27. The maximum atomic E-state index is 12.1. The highest BCUT2D eigenvalue weighted by atomic mass is 16.5. The zero-order valence-electron chi connectivity index (χ0n) is 10.9. The fourth-order valence-corrected chi connectivity index (χ4v) is 1.49. The summed E-state index contributed by atoms with van der Waals surface area (Å²) in [6, 6.07) is 5.16. The number of hydrogen-bond donors (Lipinski definition) is 2. The third-order valence-corrected chi connectivity index (χ3v) is 2.58. The molecule has 0 aliphatic carbocycles. The Morgan fingerprint density at radius 3 is 2.33 bits per heavy atom. The van der Waals surface area contributed by atoms with Gasteiger partial charge in [0.1, 0.15) is 17.1 Å². The maximum absolute atomic E-state index is 12.1. The van der Waals surface area contributed by atoms with Crippen molar-refractivity contribution in [3.05, 3.63) is 23.8 Å². The van der Waals surface area contributed by atoms with E-state index in [1.165, 1.54) is 14.2 Å². The van der Waals surface area contributed by atoms with E-state index >= 15 is 0 Å². The second-order valence-corrected chi connectivity index (χ2v) is 4.04. The lowest BCUT2D eigenvalue weighted by Gasteiger charge is -2.14. The summed E-state index contributed by atoms with van der Waals surface area (Å²) in [4.78, 5) is 12.1. The van der Waals surface area contributed by atoms with Crippen LogP contribution in [0.1, 0.15) is 17.3 Å². The molecule has 1 unspecified atom stereocenters. The minimum absolute atomic E-state index is 0.00894. The third-order valence-electron chi connectivity index (χ3n) is 2.58. The van der Waals surface area contributed by atoms with E-state index in [1.54, 1.807) is 18.2 Å². The summed E-state index contributed by atoms with van der Waals surface area (Å²) in [6.07, 6.45) is 0. The molecule has 18 heavy (non-hydrogen) atoms. The van der Waals surface area contributed by atoms with Crippen LogP contribution in [0.15, 0.2) is 18.2 Å². The Morgan fingerprint density at radius 2 is 1.89 bits per heavy atom. The number of rotatable bonds is 6. The molecule has 2 N–H and O–H groups in total. The second-order valence-electron chi connectivity index (χ2n) is 4.04. The van der Waals surface area contributed by atoms with Gasteiger partial charge in [0.25, 0.3) is 5.91 Å². The molecule has 1 aromatic carbocycles. The van der Waals surface area contributed by atoms with E-state index in [-0.39, 0.29) is 18.4 Å². The lowest BCUT2D eigenvalue weighted by atomic mass is 10.1. The number of methoxy groups -OCH3 is 2. The second kappa shape index (κ2) is 6.86. The molecule has 1 aromatic rings. The highest BCUT2D eigenvalue weighted by Gasteiger charge is 2.18. The molecular weight excluding hydrogens is 234 g/mol. The van der Waals surface area contributed by atoms with Crippen LogP contribution < -0.4 is 14.8 Å². The van der Waals surface area contributed by atoms with Crippen LogP contribution in [0.2, 0.25) is 0 Å². The molecule has 0 aliphatic rings. The Balaban J connectivity index is 2.89. The van der Waals surface area contributed by atoms with Crippen molar-refractivity contribution in [2.75, 3.05) is 27.4 Å². The van der Waals surface area contributed by atoms with Gasteiger partial charge in [-0.2, -0.15) is 0 Å². The summed E-state index contributed by atoms with van der Waals surface area (Å²) in [5.74, 6) is 0.659. The van der Waals surface area contributed by atoms with E-state index in [9.17, 15) is 4.79 Å². The van der Waals surface area contributed by atoms with Gasteiger partial charge in [0, 0.05) is 13.2 Å². The third kappa shape index (κ3) is 3.37. The number of carbonyl (C=O) groups is 1. The van der Waals surface area contributed by atoms with E-state index < -0.39 is 0 Å². The van der Waals surface area contributed by atoms with Gasteiger partial charge in [0.05, 0.1) is 14.2 Å². The summed E-state index contributed by atoms with van der Waals surface area (Å²) in [5, 5.41) is 11.7. The van der Waals surface area contributed by atoms with Crippen molar-refractivity contribution in [3.63, 3.8) is 0 Å². The Bertz CT molecular complexity index is 384. The van der Waals surface area contributed by atoms with Gasteiger partial charge >= 0.3 is 0 Å². The fraction of sp³-hybridized carbons (Fsp3) is 0.462. The molecule has 0 spiro atoms. The van der Waals surface area contributed by atoms with Gasteiger partial charge in [-0.1, -0.05) is 13.0 Å². The van der Waals surface area contributed by atoms with Crippen molar-refractivity contribution in [2.45, 2.75) is 6.92 Å². The number of amides is 1. The van der Waals surface area contributed by atoms with Crippen molar-refractivity contribution in [2.24, 2.45) is 5.92 Å². The Morgan fingerprint density at radius 1 is 1.33 bits per heavy atom. The molecule has 0 aromatic heterocycles. The van der Waals surface area contributed by atoms with Crippen molar-refractivity contribution in [1.82, 2.24) is 5.32 Å². The fourth-order valence-electron chi connectivity index (χ4n) is 1.49. The number of nitrogens with one attached hydrogen (secondary N) is 1. The molecule has 1 rings (SSSR count). The molecule has 5 nitrogen and oxygen atoms in total. The van der Waals surface area contributed by atoms with Gasteiger partial charge in [-0.3, -0.25) is 4.79 Å². The standard InChI is InChI=1S/C13H19NO4/c1-9(8-15)7-14-13(16)12-10(17-2)5-4-6-11(12)18-3/h4-6,9,15H,7-8H2,1-3H3,(H,14,16). The van der Waals surface area contributed by atoms with E-state index in [0.717, 1.165) is 0 Å². The number of carbonyl (C=O) groups excluding carboxylic acids is 1. The number of ether oxygens (including phenoxy) is 2. The summed E-state index contributed by atoms with van der Waals surface area (Å²) >= 11 is 0. The molecule has 0 saturated carbocycles. The summed E-state index contributed by atoms with van der Waals surface area (Å²) in [7, 11) is 3.00. The monoisotopic (exact) mass is 253 g/mol. The first-order valence-electron chi connectivity index (χ1n) is 5.74. The first kappa shape index (κ1) is 14.3. The van der Waals surface area contributed by atoms with Crippen LogP contribution in [-0.2, 0) is 0 Å². The van der Waals surface area contributed by atoms with Crippen molar-refractivity contribution >= 4 is 5.91 Å². The Hall–Kier alpha value is -1.75. The molecule has 0 saturated heterocycles. The van der Waals surface area contributed by atoms with Crippen molar-refractivity contribution < 1.29 is 19.4 Å². The first-order valence-corrected chi connectivity index (χ1v) is 5.74. The van der Waals surface area contributed by atoms with Crippen LogP contribution in [0.4, 0.5) is 0 Å². The van der Waals surface area contributed by atoms with Crippen LogP contribution in [0.25, 0.3) is 0 Å². The molecule has 0 aliphatic heterocycles. The predicted molar refractivity (Wildman–Crippen MR) is 68.1 cm³/mol. The van der Waals surface area contributed by atoms with Gasteiger partial charge in [-0.25, -0.2) is 0 Å². The SMILES string of the molecule is COc1cccc(OC)c1C(=O)NCC(C)CO. The molecule has 1 amide bonds. The van der Waals surface area contributed by atoms with Gasteiger partial charge in [0.15, 0.2) is 0 Å². The minimum atomic E-state index is -0.274. The van der Waals surface area contributed by atoms with Crippen LogP contribution >= 0.6 is 0 Å². The zero-order chi connectivity index (χ0) is 13.5. The van der Waals surface area contributed by atoms with Crippen LogP contribution in [0.5, 0.6) is 11.5 Å². The Labute approximate surface area is 107 Å². The van der Waals surface area contributed by atoms with Crippen molar-refractivity contribution in [1.29, 1.82) is 0 Å².